The standard InChI is InChI=1S/C25H30N4O3/c1-16-4-7-19(8-5-16)15-26-23(31)18(3)29-13-12-25(11-10-22(29)30)27-21-14-17(2)6-9-20(21)24(32)28-25/h4-9,14,18,27H,10-13,15H2,1-3H3,(H,26,31)(H,28,32)/t18-,25+/m1/s1. The SMILES string of the molecule is Cc1ccc(CNC(=O)[C@@H](C)N2CC[C@]3(CCC2=O)NC(=O)c2ccc(C)cc2N3)cc1. The molecule has 0 aliphatic carbocycles. The van der Waals surface area contributed by atoms with Gasteiger partial charge in [0.25, 0.3) is 5.91 Å². The van der Waals surface area contributed by atoms with Gasteiger partial charge in [-0.05, 0) is 50.5 Å². The van der Waals surface area contributed by atoms with Gasteiger partial charge in [0.2, 0.25) is 11.8 Å². The Morgan fingerprint density at radius 1 is 1.06 bits per heavy atom. The number of hydrogen-bond acceptors (Lipinski definition) is 4. The summed E-state index contributed by atoms with van der Waals surface area (Å²) < 4.78 is 0. The molecule has 3 N–H and O–H groups in total. The summed E-state index contributed by atoms with van der Waals surface area (Å²) in [7, 11) is 0. The Kier molecular flexibility index (Phi) is 5.91. The molecule has 168 valence electrons. The maximum absolute atomic E-state index is 12.9. The van der Waals surface area contributed by atoms with Gasteiger partial charge < -0.3 is 20.9 Å². The summed E-state index contributed by atoms with van der Waals surface area (Å²) in [5.74, 6) is -0.397. The molecule has 1 saturated heterocycles. The number of amides is 3. The average Bonchev–Trinajstić information content (AvgIpc) is 2.91. The van der Waals surface area contributed by atoms with Crippen molar-refractivity contribution in [1.29, 1.82) is 0 Å². The van der Waals surface area contributed by atoms with E-state index in [0.717, 1.165) is 16.8 Å². The smallest absolute Gasteiger partial charge is 0.255 e. The molecule has 2 aromatic carbocycles. The molecule has 0 saturated carbocycles. The Labute approximate surface area is 188 Å². The lowest BCUT2D eigenvalue weighted by molar-refractivity contribution is -0.139. The predicted molar refractivity (Wildman–Crippen MR) is 123 cm³/mol. The Bertz CT molecular complexity index is 1050. The first kappa shape index (κ1) is 21.9. The summed E-state index contributed by atoms with van der Waals surface area (Å²) in [4.78, 5) is 40.0. The first-order valence-corrected chi connectivity index (χ1v) is 11.1. The molecule has 7 heteroatoms. The number of anilines is 1. The molecule has 1 fully saturated rings. The highest BCUT2D eigenvalue weighted by atomic mass is 16.2. The zero-order chi connectivity index (χ0) is 22.9. The fourth-order valence-corrected chi connectivity index (χ4v) is 4.40. The van der Waals surface area contributed by atoms with Gasteiger partial charge in [-0.1, -0.05) is 35.9 Å². The topological polar surface area (TPSA) is 90.5 Å². The van der Waals surface area contributed by atoms with Crippen LogP contribution in [0.15, 0.2) is 42.5 Å². The first-order chi connectivity index (χ1) is 15.3. The fourth-order valence-electron chi connectivity index (χ4n) is 4.40. The number of likely N-dealkylation sites (tertiary alicyclic amines) is 1. The number of hydrogen-bond donors (Lipinski definition) is 3. The van der Waals surface area contributed by atoms with Crippen molar-refractivity contribution in [2.75, 3.05) is 11.9 Å². The van der Waals surface area contributed by atoms with Crippen LogP contribution < -0.4 is 16.0 Å². The Morgan fingerprint density at radius 3 is 2.53 bits per heavy atom. The molecular weight excluding hydrogens is 404 g/mol. The van der Waals surface area contributed by atoms with Gasteiger partial charge in [-0.15, -0.1) is 0 Å². The van der Waals surface area contributed by atoms with Crippen molar-refractivity contribution in [3.63, 3.8) is 0 Å². The second-order valence-corrected chi connectivity index (χ2v) is 8.93. The van der Waals surface area contributed by atoms with Crippen LogP contribution in [0.2, 0.25) is 0 Å². The number of carbonyl (C=O) groups excluding carboxylic acids is 3. The van der Waals surface area contributed by atoms with Crippen LogP contribution in [0.5, 0.6) is 0 Å². The van der Waals surface area contributed by atoms with E-state index in [9.17, 15) is 14.4 Å². The molecule has 0 radical (unpaired) electrons. The third kappa shape index (κ3) is 4.47. The van der Waals surface area contributed by atoms with E-state index in [1.54, 1.807) is 11.8 Å². The minimum atomic E-state index is -0.694. The largest absolute Gasteiger partial charge is 0.362 e. The minimum Gasteiger partial charge on any atom is -0.362 e. The quantitative estimate of drug-likeness (QED) is 0.690. The van der Waals surface area contributed by atoms with Crippen molar-refractivity contribution < 1.29 is 14.4 Å². The molecule has 4 rings (SSSR count). The first-order valence-electron chi connectivity index (χ1n) is 11.1. The number of nitrogens with zero attached hydrogens (tertiary/aromatic N) is 1. The van der Waals surface area contributed by atoms with Crippen LogP contribution >= 0.6 is 0 Å². The molecule has 2 aliphatic heterocycles. The monoisotopic (exact) mass is 434 g/mol. The molecule has 2 aromatic rings. The van der Waals surface area contributed by atoms with Gasteiger partial charge in [-0.2, -0.15) is 0 Å². The molecule has 0 aromatic heterocycles. The molecule has 2 heterocycles. The summed E-state index contributed by atoms with van der Waals surface area (Å²) in [6, 6.07) is 13.1. The van der Waals surface area contributed by atoms with Crippen molar-refractivity contribution in [3.8, 4) is 0 Å². The van der Waals surface area contributed by atoms with E-state index >= 15 is 0 Å². The van der Waals surface area contributed by atoms with Crippen molar-refractivity contribution in [2.24, 2.45) is 0 Å². The summed E-state index contributed by atoms with van der Waals surface area (Å²) in [5, 5.41) is 9.49. The van der Waals surface area contributed by atoms with Crippen molar-refractivity contribution in [3.05, 3.63) is 64.7 Å². The fraction of sp³-hybridized carbons (Fsp3) is 0.400. The molecule has 1 spiro atoms. The van der Waals surface area contributed by atoms with Crippen molar-refractivity contribution in [1.82, 2.24) is 15.5 Å². The number of aryl methyl sites for hydroxylation is 2. The lowest BCUT2D eigenvalue weighted by Crippen LogP contribution is -2.58. The number of rotatable bonds is 4. The second-order valence-electron chi connectivity index (χ2n) is 8.93. The number of carbonyl (C=O) groups is 3. The highest BCUT2D eigenvalue weighted by molar-refractivity contribution is 6.02. The van der Waals surface area contributed by atoms with Gasteiger partial charge in [0.05, 0.1) is 5.56 Å². The maximum atomic E-state index is 12.9. The van der Waals surface area contributed by atoms with E-state index in [1.807, 2.05) is 56.3 Å². The maximum Gasteiger partial charge on any atom is 0.255 e. The number of fused-ring (bicyclic) bond motifs is 1. The van der Waals surface area contributed by atoms with E-state index in [4.69, 9.17) is 0 Å². The molecule has 32 heavy (non-hydrogen) atoms. The molecular formula is C25H30N4O3. The Hall–Kier alpha value is -3.35. The van der Waals surface area contributed by atoms with E-state index in [1.165, 1.54) is 5.56 Å². The molecule has 0 unspecified atom stereocenters. The summed E-state index contributed by atoms with van der Waals surface area (Å²) in [6.07, 6.45) is 1.25. The molecule has 2 aliphatic rings. The van der Waals surface area contributed by atoms with Crippen LogP contribution in [0.25, 0.3) is 0 Å². The van der Waals surface area contributed by atoms with E-state index < -0.39 is 11.7 Å². The van der Waals surface area contributed by atoms with Gasteiger partial charge in [-0.3, -0.25) is 14.4 Å². The lowest BCUT2D eigenvalue weighted by Gasteiger charge is -2.40. The molecule has 0 bridgehead atoms. The molecule has 3 amide bonds. The zero-order valence-electron chi connectivity index (χ0n) is 18.8. The van der Waals surface area contributed by atoms with E-state index in [2.05, 4.69) is 16.0 Å². The van der Waals surface area contributed by atoms with Crippen LogP contribution in [0, 0.1) is 13.8 Å². The number of nitrogens with one attached hydrogen (secondary N) is 3. The highest BCUT2D eigenvalue weighted by Crippen LogP contribution is 2.32. The van der Waals surface area contributed by atoms with Crippen LogP contribution in [0.1, 0.15) is 53.2 Å². The van der Waals surface area contributed by atoms with Crippen LogP contribution in [-0.4, -0.2) is 40.9 Å². The van der Waals surface area contributed by atoms with Crippen molar-refractivity contribution >= 4 is 23.4 Å². The third-order valence-electron chi connectivity index (χ3n) is 6.45. The van der Waals surface area contributed by atoms with E-state index in [0.29, 0.717) is 31.5 Å². The van der Waals surface area contributed by atoms with Gasteiger partial charge in [-0.25, -0.2) is 0 Å². The van der Waals surface area contributed by atoms with Gasteiger partial charge in [0, 0.05) is 31.6 Å². The summed E-state index contributed by atoms with van der Waals surface area (Å²) >= 11 is 0. The predicted octanol–water partition coefficient (Wildman–Crippen LogP) is 2.87. The second kappa shape index (κ2) is 8.65. The molecule has 2 atom stereocenters. The van der Waals surface area contributed by atoms with Crippen LogP contribution in [0.3, 0.4) is 0 Å². The van der Waals surface area contributed by atoms with Crippen molar-refractivity contribution in [2.45, 2.75) is 58.3 Å². The van der Waals surface area contributed by atoms with E-state index in [-0.39, 0.29) is 24.1 Å². The van der Waals surface area contributed by atoms with Gasteiger partial charge in [0.15, 0.2) is 0 Å². The zero-order valence-corrected chi connectivity index (χ0v) is 18.8. The lowest BCUT2D eigenvalue weighted by atomic mass is 9.94. The third-order valence-corrected chi connectivity index (χ3v) is 6.45. The van der Waals surface area contributed by atoms with Gasteiger partial charge >= 0.3 is 0 Å². The normalized spacial score (nSPS) is 21.3. The summed E-state index contributed by atoms with van der Waals surface area (Å²) in [5.41, 5.74) is 3.95. The number of benzene rings is 2. The highest BCUT2D eigenvalue weighted by Gasteiger charge is 2.41. The van der Waals surface area contributed by atoms with Crippen LogP contribution in [-0.2, 0) is 16.1 Å². The Morgan fingerprint density at radius 2 is 1.78 bits per heavy atom. The average molecular weight is 435 g/mol. The summed E-state index contributed by atoms with van der Waals surface area (Å²) in [6.45, 7) is 6.56. The van der Waals surface area contributed by atoms with Gasteiger partial charge in [0.1, 0.15) is 11.7 Å². The minimum absolute atomic E-state index is 0.0778. The van der Waals surface area contributed by atoms with Crippen LogP contribution in [0.4, 0.5) is 5.69 Å². The Balaban J connectivity index is 1.42. The molecule has 7 nitrogen and oxygen atoms in total.